The third-order valence-corrected chi connectivity index (χ3v) is 4.99. The van der Waals surface area contributed by atoms with Gasteiger partial charge in [-0.15, -0.1) is 0 Å². The molecule has 0 fully saturated rings. The number of aromatic nitrogens is 2. The summed E-state index contributed by atoms with van der Waals surface area (Å²) in [6, 6.07) is 11.2. The maximum absolute atomic E-state index is 4.33. The minimum atomic E-state index is 0.464. The molecule has 2 aromatic rings. The Bertz CT molecular complexity index is 694. The highest BCUT2D eigenvalue weighted by molar-refractivity contribution is 5.79. The Hall–Kier alpha value is -2.34. The summed E-state index contributed by atoms with van der Waals surface area (Å²) >= 11 is 0. The first-order chi connectivity index (χ1) is 12.8. The summed E-state index contributed by atoms with van der Waals surface area (Å²) in [5, 5.41) is 11.1. The molecule has 2 heterocycles. The van der Waals surface area contributed by atoms with Crippen LogP contribution in [0.2, 0.25) is 0 Å². The van der Waals surface area contributed by atoms with Crippen LogP contribution in [0.1, 0.15) is 24.5 Å². The van der Waals surface area contributed by atoms with Gasteiger partial charge >= 0.3 is 0 Å². The van der Waals surface area contributed by atoms with Gasteiger partial charge in [-0.2, -0.15) is 5.10 Å². The molecule has 0 aliphatic carbocycles. The van der Waals surface area contributed by atoms with E-state index in [1.165, 1.54) is 11.1 Å². The minimum absolute atomic E-state index is 0.464. The predicted molar refractivity (Wildman–Crippen MR) is 106 cm³/mol. The highest BCUT2D eigenvalue weighted by Gasteiger charge is 2.20. The van der Waals surface area contributed by atoms with E-state index in [1.54, 1.807) is 0 Å². The average molecular weight is 355 g/mol. The van der Waals surface area contributed by atoms with Crippen LogP contribution < -0.4 is 10.6 Å². The van der Waals surface area contributed by atoms with Gasteiger partial charge in [-0.25, -0.2) is 0 Å². The van der Waals surface area contributed by atoms with Crippen molar-refractivity contribution in [1.82, 2.24) is 25.3 Å². The molecule has 3 rings (SSSR count). The van der Waals surface area contributed by atoms with E-state index in [1.807, 2.05) is 30.2 Å². The molecule has 26 heavy (non-hydrogen) atoms. The normalized spacial score (nSPS) is 16.2. The molecule has 0 saturated carbocycles. The highest BCUT2D eigenvalue weighted by atomic mass is 15.3. The van der Waals surface area contributed by atoms with Gasteiger partial charge in [-0.05, 0) is 37.0 Å². The van der Waals surface area contributed by atoms with Crippen LogP contribution in [-0.2, 0) is 19.5 Å². The van der Waals surface area contributed by atoms with Crippen LogP contribution >= 0.6 is 0 Å². The lowest BCUT2D eigenvalue weighted by Crippen LogP contribution is -2.47. The number of hydrogen-bond donors (Lipinski definition) is 2. The highest BCUT2D eigenvalue weighted by Crippen LogP contribution is 2.19. The summed E-state index contributed by atoms with van der Waals surface area (Å²) in [6.07, 6.45) is 5.96. The van der Waals surface area contributed by atoms with Gasteiger partial charge in [0.2, 0.25) is 0 Å². The molecule has 0 radical (unpaired) electrons. The van der Waals surface area contributed by atoms with Crippen LogP contribution in [0.4, 0.5) is 0 Å². The zero-order valence-electron chi connectivity index (χ0n) is 15.9. The lowest BCUT2D eigenvalue weighted by Gasteiger charge is -2.34. The molecule has 2 N–H and O–H groups in total. The van der Waals surface area contributed by atoms with Crippen LogP contribution in [0.15, 0.2) is 47.7 Å². The number of rotatable bonds is 7. The van der Waals surface area contributed by atoms with Gasteiger partial charge in [0.25, 0.3) is 0 Å². The van der Waals surface area contributed by atoms with E-state index in [4.69, 9.17) is 0 Å². The third-order valence-electron chi connectivity index (χ3n) is 4.99. The number of aryl methyl sites for hydroxylation is 1. The van der Waals surface area contributed by atoms with Crippen molar-refractivity contribution in [2.75, 3.05) is 26.7 Å². The summed E-state index contributed by atoms with van der Waals surface area (Å²) in [7, 11) is 1.82. The topological polar surface area (TPSA) is 57.5 Å². The standard InChI is InChI=1S/C20H30N6/c1-17(25-14-9-18-7-3-4-8-19(18)16-25)15-23-20(21-2)22-10-5-12-26-13-6-11-24-26/h3-4,6-8,11,13,17H,5,9-10,12,14-16H2,1-2H3,(H2,21,22,23). The van der Waals surface area contributed by atoms with E-state index in [9.17, 15) is 0 Å². The predicted octanol–water partition coefficient (Wildman–Crippen LogP) is 1.88. The molecule has 0 amide bonds. The second kappa shape index (κ2) is 9.38. The van der Waals surface area contributed by atoms with Crippen molar-refractivity contribution in [3.05, 3.63) is 53.9 Å². The Labute approximate surface area is 156 Å². The van der Waals surface area contributed by atoms with Crippen molar-refractivity contribution >= 4 is 5.96 Å². The fourth-order valence-corrected chi connectivity index (χ4v) is 3.37. The monoisotopic (exact) mass is 354 g/mol. The Morgan fingerprint density at radius 1 is 1.23 bits per heavy atom. The number of aliphatic imine (C=N–C) groups is 1. The molecule has 1 unspecified atom stereocenters. The maximum atomic E-state index is 4.33. The smallest absolute Gasteiger partial charge is 0.191 e. The van der Waals surface area contributed by atoms with Crippen molar-refractivity contribution < 1.29 is 0 Å². The number of hydrogen-bond acceptors (Lipinski definition) is 3. The first kappa shape index (κ1) is 18.5. The Morgan fingerprint density at radius 3 is 2.85 bits per heavy atom. The van der Waals surface area contributed by atoms with Gasteiger partial charge in [0.05, 0.1) is 0 Å². The number of fused-ring (bicyclic) bond motifs is 1. The van der Waals surface area contributed by atoms with Gasteiger partial charge < -0.3 is 10.6 Å². The Balaban J connectivity index is 1.38. The first-order valence-electron chi connectivity index (χ1n) is 9.49. The van der Waals surface area contributed by atoms with E-state index < -0.39 is 0 Å². The molecule has 6 nitrogen and oxygen atoms in total. The van der Waals surface area contributed by atoms with Gasteiger partial charge in [0.1, 0.15) is 0 Å². The van der Waals surface area contributed by atoms with Crippen LogP contribution in [0.5, 0.6) is 0 Å². The fourth-order valence-electron chi connectivity index (χ4n) is 3.37. The zero-order valence-corrected chi connectivity index (χ0v) is 15.9. The van der Waals surface area contributed by atoms with Crippen molar-refractivity contribution in [3.63, 3.8) is 0 Å². The summed E-state index contributed by atoms with van der Waals surface area (Å²) in [6.45, 7) is 7.13. The van der Waals surface area contributed by atoms with Crippen molar-refractivity contribution in [2.24, 2.45) is 4.99 Å². The molecule has 140 valence electrons. The van der Waals surface area contributed by atoms with E-state index in [0.717, 1.165) is 51.5 Å². The quantitative estimate of drug-likeness (QED) is 0.453. The van der Waals surface area contributed by atoms with Crippen LogP contribution in [-0.4, -0.2) is 53.4 Å². The van der Waals surface area contributed by atoms with E-state index in [-0.39, 0.29) is 0 Å². The van der Waals surface area contributed by atoms with Gasteiger partial charge in [0, 0.05) is 58.2 Å². The van der Waals surface area contributed by atoms with Crippen molar-refractivity contribution in [3.8, 4) is 0 Å². The lowest BCUT2D eigenvalue weighted by atomic mass is 9.99. The second-order valence-corrected chi connectivity index (χ2v) is 6.84. The molecular formula is C20H30N6. The molecule has 1 aliphatic rings. The number of benzene rings is 1. The summed E-state index contributed by atoms with van der Waals surface area (Å²) < 4.78 is 1.95. The first-order valence-corrected chi connectivity index (χ1v) is 9.49. The molecular weight excluding hydrogens is 324 g/mol. The van der Waals surface area contributed by atoms with Crippen LogP contribution in [0.25, 0.3) is 0 Å². The number of guanidine groups is 1. The van der Waals surface area contributed by atoms with Crippen LogP contribution in [0, 0.1) is 0 Å². The van der Waals surface area contributed by atoms with Gasteiger partial charge in [0.15, 0.2) is 5.96 Å². The molecule has 1 aromatic carbocycles. The average Bonchev–Trinajstić information content (AvgIpc) is 3.20. The Morgan fingerprint density at radius 2 is 2.08 bits per heavy atom. The van der Waals surface area contributed by atoms with E-state index >= 15 is 0 Å². The van der Waals surface area contributed by atoms with Crippen molar-refractivity contribution in [2.45, 2.75) is 38.9 Å². The molecule has 1 aromatic heterocycles. The third kappa shape index (κ3) is 5.08. The number of nitrogens with zero attached hydrogens (tertiary/aromatic N) is 4. The molecule has 1 aliphatic heterocycles. The van der Waals surface area contributed by atoms with Gasteiger partial charge in [-0.1, -0.05) is 24.3 Å². The van der Waals surface area contributed by atoms with Crippen molar-refractivity contribution in [1.29, 1.82) is 0 Å². The molecule has 6 heteroatoms. The second-order valence-electron chi connectivity index (χ2n) is 6.84. The lowest BCUT2D eigenvalue weighted by molar-refractivity contribution is 0.191. The molecule has 1 atom stereocenters. The summed E-state index contributed by atoms with van der Waals surface area (Å²) in [4.78, 5) is 6.87. The Kier molecular flexibility index (Phi) is 6.66. The van der Waals surface area contributed by atoms with Gasteiger partial charge in [-0.3, -0.25) is 14.6 Å². The van der Waals surface area contributed by atoms with E-state index in [2.05, 4.69) is 56.8 Å². The zero-order chi connectivity index (χ0) is 18.2. The summed E-state index contributed by atoms with van der Waals surface area (Å²) in [5.41, 5.74) is 2.96. The SMILES string of the molecule is CN=C(NCCCn1cccn1)NCC(C)N1CCc2ccccc2C1. The van der Waals surface area contributed by atoms with E-state index in [0.29, 0.717) is 6.04 Å². The van der Waals surface area contributed by atoms with Crippen LogP contribution in [0.3, 0.4) is 0 Å². The fraction of sp³-hybridized carbons (Fsp3) is 0.500. The molecule has 0 bridgehead atoms. The molecule has 0 saturated heterocycles. The maximum Gasteiger partial charge on any atom is 0.191 e. The number of nitrogens with one attached hydrogen (secondary N) is 2. The summed E-state index contributed by atoms with van der Waals surface area (Å²) in [5.74, 6) is 0.870. The molecule has 0 spiro atoms. The largest absolute Gasteiger partial charge is 0.356 e. The minimum Gasteiger partial charge on any atom is -0.356 e.